The highest BCUT2D eigenvalue weighted by Crippen LogP contribution is 2.25. The number of nitrogens with zero attached hydrogens (tertiary/aromatic N) is 1. The SMILES string of the molecule is Cc1cc(OCc2ccc(Cl)cc2[N+](=O)[O-])ccc1F. The molecule has 0 aliphatic rings. The molecule has 0 fully saturated rings. The smallest absolute Gasteiger partial charge is 0.277 e. The van der Waals surface area contributed by atoms with Crippen LogP contribution in [0.2, 0.25) is 5.02 Å². The molecule has 0 aliphatic heterocycles. The van der Waals surface area contributed by atoms with Gasteiger partial charge in [-0.15, -0.1) is 0 Å². The van der Waals surface area contributed by atoms with Gasteiger partial charge in [-0.1, -0.05) is 11.6 Å². The van der Waals surface area contributed by atoms with Crippen LogP contribution in [0.25, 0.3) is 0 Å². The van der Waals surface area contributed by atoms with Gasteiger partial charge >= 0.3 is 0 Å². The Morgan fingerprint density at radius 2 is 2.05 bits per heavy atom. The first-order valence-corrected chi connectivity index (χ1v) is 6.17. The topological polar surface area (TPSA) is 52.4 Å². The molecule has 2 rings (SSSR count). The third kappa shape index (κ3) is 3.24. The van der Waals surface area contributed by atoms with Crippen LogP contribution in [0.4, 0.5) is 10.1 Å². The molecule has 20 heavy (non-hydrogen) atoms. The summed E-state index contributed by atoms with van der Waals surface area (Å²) in [6.07, 6.45) is 0. The van der Waals surface area contributed by atoms with Crippen molar-refractivity contribution < 1.29 is 14.1 Å². The van der Waals surface area contributed by atoms with E-state index in [1.54, 1.807) is 13.0 Å². The fourth-order valence-electron chi connectivity index (χ4n) is 1.70. The summed E-state index contributed by atoms with van der Waals surface area (Å²) in [7, 11) is 0. The fraction of sp³-hybridized carbons (Fsp3) is 0.143. The molecule has 0 heterocycles. The molecule has 2 aromatic carbocycles. The lowest BCUT2D eigenvalue weighted by atomic mass is 10.2. The number of benzene rings is 2. The van der Waals surface area contributed by atoms with Crippen LogP contribution in [-0.2, 0) is 6.61 Å². The van der Waals surface area contributed by atoms with E-state index in [2.05, 4.69) is 0 Å². The molecule has 0 aliphatic carbocycles. The molecule has 0 aromatic heterocycles. The average molecular weight is 296 g/mol. The molecule has 0 unspecified atom stereocenters. The van der Waals surface area contributed by atoms with E-state index in [4.69, 9.17) is 16.3 Å². The lowest BCUT2D eigenvalue weighted by molar-refractivity contribution is -0.385. The van der Waals surface area contributed by atoms with E-state index >= 15 is 0 Å². The third-order valence-electron chi connectivity index (χ3n) is 2.77. The Balaban J connectivity index is 2.18. The van der Waals surface area contributed by atoms with Gasteiger partial charge in [0, 0.05) is 11.1 Å². The summed E-state index contributed by atoms with van der Waals surface area (Å²) in [4.78, 5) is 10.4. The molecule has 104 valence electrons. The quantitative estimate of drug-likeness (QED) is 0.625. The molecule has 4 nitrogen and oxygen atoms in total. The van der Waals surface area contributed by atoms with E-state index in [-0.39, 0.29) is 23.1 Å². The molecule has 0 N–H and O–H groups in total. The second-order valence-corrected chi connectivity index (χ2v) is 4.67. The highest BCUT2D eigenvalue weighted by Gasteiger charge is 2.14. The predicted molar refractivity (Wildman–Crippen MR) is 73.6 cm³/mol. The molecule has 0 bridgehead atoms. The zero-order valence-electron chi connectivity index (χ0n) is 10.6. The highest BCUT2D eigenvalue weighted by molar-refractivity contribution is 6.30. The van der Waals surface area contributed by atoms with E-state index in [9.17, 15) is 14.5 Å². The second-order valence-electron chi connectivity index (χ2n) is 4.23. The van der Waals surface area contributed by atoms with Crippen LogP contribution in [0, 0.1) is 22.9 Å². The number of ether oxygens (including phenoxy) is 1. The van der Waals surface area contributed by atoms with Crippen molar-refractivity contribution in [3.8, 4) is 5.75 Å². The first-order chi connectivity index (χ1) is 9.47. The number of hydrogen-bond donors (Lipinski definition) is 0. The van der Waals surface area contributed by atoms with Gasteiger partial charge in [0.1, 0.15) is 18.2 Å². The molecular weight excluding hydrogens is 285 g/mol. The van der Waals surface area contributed by atoms with Crippen LogP contribution in [-0.4, -0.2) is 4.92 Å². The van der Waals surface area contributed by atoms with Crippen molar-refractivity contribution in [2.45, 2.75) is 13.5 Å². The molecule has 0 atom stereocenters. The number of rotatable bonds is 4. The molecule has 0 saturated carbocycles. The Kier molecular flexibility index (Phi) is 4.20. The van der Waals surface area contributed by atoms with Gasteiger partial charge in [-0.2, -0.15) is 0 Å². The van der Waals surface area contributed by atoms with E-state index in [0.29, 0.717) is 16.9 Å². The Hall–Kier alpha value is -2.14. The van der Waals surface area contributed by atoms with Crippen LogP contribution in [0.5, 0.6) is 5.75 Å². The van der Waals surface area contributed by atoms with E-state index in [1.807, 2.05) is 0 Å². The Morgan fingerprint density at radius 3 is 2.70 bits per heavy atom. The Morgan fingerprint density at radius 1 is 1.30 bits per heavy atom. The first-order valence-electron chi connectivity index (χ1n) is 5.79. The third-order valence-corrected chi connectivity index (χ3v) is 3.00. The number of nitro groups is 1. The number of hydrogen-bond acceptors (Lipinski definition) is 3. The minimum atomic E-state index is -0.513. The van der Waals surface area contributed by atoms with Crippen molar-refractivity contribution >= 4 is 17.3 Å². The summed E-state index contributed by atoms with van der Waals surface area (Å²) < 4.78 is 18.6. The predicted octanol–water partition coefficient (Wildman–Crippen LogP) is 4.27. The van der Waals surface area contributed by atoms with Crippen molar-refractivity contribution in [2.24, 2.45) is 0 Å². The van der Waals surface area contributed by atoms with Crippen molar-refractivity contribution in [3.05, 3.63) is 68.5 Å². The standard InChI is InChI=1S/C14H11ClFNO3/c1-9-6-12(4-5-13(9)16)20-8-10-2-3-11(15)7-14(10)17(18)19/h2-7H,8H2,1H3. The monoisotopic (exact) mass is 295 g/mol. The van der Waals surface area contributed by atoms with Crippen LogP contribution in [0.1, 0.15) is 11.1 Å². The number of aryl methyl sites for hydroxylation is 1. The maximum atomic E-state index is 13.1. The van der Waals surface area contributed by atoms with E-state index in [0.717, 1.165) is 0 Å². The largest absolute Gasteiger partial charge is 0.489 e. The molecule has 6 heteroatoms. The van der Waals surface area contributed by atoms with Gasteiger partial charge in [0.15, 0.2) is 0 Å². The van der Waals surface area contributed by atoms with Crippen LogP contribution in [0.3, 0.4) is 0 Å². The van der Waals surface area contributed by atoms with Crippen LogP contribution in [0.15, 0.2) is 36.4 Å². The summed E-state index contributed by atoms with van der Waals surface area (Å²) >= 11 is 5.73. The summed E-state index contributed by atoms with van der Waals surface area (Å²) in [5.74, 6) is 0.128. The molecule has 0 saturated heterocycles. The van der Waals surface area contributed by atoms with Gasteiger partial charge in [-0.3, -0.25) is 10.1 Å². The van der Waals surface area contributed by atoms with E-state index < -0.39 is 4.92 Å². The fourth-order valence-corrected chi connectivity index (χ4v) is 1.86. The maximum Gasteiger partial charge on any atom is 0.277 e. The first kappa shape index (κ1) is 14.3. The number of nitro benzene ring substituents is 1. The average Bonchev–Trinajstić information content (AvgIpc) is 2.41. The van der Waals surface area contributed by atoms with Crippen molar-refractivity contribution in [3.63, 3.8) is 0 Å². The van der Waals surface area contributed by atoms with Gasteiger partial charge in [0.2, 0.25) is 0 Å². The van der Waals surface area contributed by atoms with Gasteiger partial charge < -0.3 is 4.74 Å². The van der Waals surface area contributed by atoms with Gasteiger partial charge in [-0.05, 0) is 42.8 Å². The molecule has 0 amide bonds. The zero-order chi connectivity index (χ0) is 14.7. The second kappa shape index (κ2) is 5.88. The Labute approximate surface area is 119 Å². The van der Waals surface area contributed by atoms with Crippen LogP contribution >= 0.6 is 11.6 Å². The maximum absolute atomic E-state index is 13.1. The van der Waals surface area contributed by atoms with Crippen molar-refractivity contribution in [1.82, 2.24) is 0 Å². The van der Waals surface area contributed by atoms with Crippen LogP contribution < -0.4 is 4.74 Å². The van der Waals surface area contributed by atoms with Gasteiger partial charge in [-0.25, -0.2) is 4.39 Å². The molecule has 0 radical (unpaired) electrons. The van der Waals surface area contributed by atoms with Gasteiger partial charge in [0.05, 0.1) is 10.5 Å². The minimum absolute atomic E-state index is 0.0125. The highest BCUT2D eigenvalue weighted by atomic mass is 35.5. The summed E-state index contributed by atoms with van der Waals surface area (Å²) in [6.45, 7) is 1.63. The van der Waals surface area contributed by atoms with E-state index in [1.165, 1.54) is 30.3 Å². The summed E-state index contributed by atoms with van der Waals surface area (Å²) in [5.41, 5.74) is 0.755. The lowest BCUT2D eigenvalue weighted by Gasteiger charge is -2.08. The number of halogens is 2. The van der Waals surface area contributed by atoms with Crippen molar-refractivity contribution in [1.29, 1.82) is 0 Å². The van der Waals surface area contributed by atoms with Gasteiger partial charge in [0.25, 0.3) is 5.69 Å². The lowest BCUT2D eigenvalue weighted by Crippen LogP contribution is -2.01. The molecule has 0 spiro atoms. The van der Waals surface area contributed by atoms with Crippen molar-refractivity contribution in [2.75, 3.05) is 0 Å². The normalized spacial score (nSPS) is 10.3. The zero-order valence-corrected chi connectivity index (χ0v) is 11.4. The minimum Gasteiger partial charge on any atom is -0.489 e. The Bertz CT molecular complexity index is 661. The summed E-state index contributed by atoms with van der Waals surface area (Å²) in [5, 5.41) is 11.2. The molecule has 2 aromatic rings. The molecular formula is C14H11ClFNO3. The summed E-state index contributed by atoms with van der Waals surface area (Å²) in [6, 6.07) is 8.68.